The van der Waals surface area contributed by atoms with Crippen molar-refractivity contribution in [2.75, 3.05) is 27.4 Å². The second-order valence-electron chi connectivity index (χ2n) is 6.12. The number of fused-ring (bicyclic) bond motifs is 4. The number of nitrogens with one attached hydrogen (secondary N) is 1. The number of carbonyl (C=O) groups excluding carboxylic acids is 5. The Labute approximate surface area is 169 Å². The first kappa shape index (κ1) is 21.1. The summed E-state index contributed by atoms with van der Waals surface area (Å²) in [4.78, 5) is 60.9. The van der Waals surface area contributed by atoms with Crippen molar-refractivity contribution in [3.63, 3.8) is 0 Å². The number of nitrogens with zero attached hydrogens (tertiary/aromatic N) is 1. The monoisotopic (exact) mass is 416 g/mol. The van der Waals surface area contributed by atoms with Gasteiger partial charge in [-0.25, -0.2) is 9.59 Å². The smallest absolute Gasteiger partial charge is 0.373 e. The highest BCUT2D eigenvalue weighted by atomic mass is 16.7. The molecule has 30 heavy (non-hydrogen) atoms. The minimum absolute atomic E-state index is 0.00515. The van der Waals surface area contributed by atoms with Gasteiger partial charge in [-0.15, -0.1) is 0 Å². The maximum atomic E-state index is 13.3. The summed E-state index contributed by atoms with van der Waals surface area (Å²) in [6.07, 6.45) is 2.22. The van der Waals surface area contributed by atoms with Crippen molar-refractivity contribution in [1.29, 1.82) is 0 Å². The van der Waals surface area contributed by atoms with Crippen LogP contribution in [0, 0.1) is 0 Å². The van der Waals surface area contributed by atoms with Gasteiger partial charge in [0.25, 0.3) is 5.79 Å². The van der Waals surface area contributed by atoms with Crippen LogP contribution in [0.2, 0.25) is 0 Å². The quantitative estimate of drug-likeness (QED) is 0.698. The number of ketones is 1. The topological polar surface area (TPSA) is 151 Å². The Morgan fingerprint density at radius 2 is 1.80 bits per heavy atom. The van der Waals surface area contributed by atoms with Gasteiger partial charge >= 0.3 is 18.1 Å². The molecule has 1 saturated heterocycles. The Hall–Kier alpha value is -3.66. The number of esters is 2. The van der Waals surface area contributed by atoms with Gasteiger partial charge < -0.3 is 23.9 Å². The molecular weight excluding hydrogens is 400 g/mol. The molecule has 3 heterocycles. The summed E-state index contributed by atoms with van der Waals surface area (Å²) < 4.78 is 21.1. The summed E-state index contributed by atoms with van der Waals surface area (Å²) in [7, 11) is 2.48. The van der Waals surface area contributed by atoms with Gasteiger partial charge in [0.15, 0.2) is 0 Å². The molecule has 0 amide bonds. The molecule has 0 saturated carbocycles. The third-order valence-electron chi connectivity index (χ3n) is 4.60. The first-order valence-electron chi connectivity index (χ1n) is 8.66. The van der Waals surface area contributed by atoms with Crippen LogP contribution in [0.1, 0.15) is 43.3 Å². The van der Waals surface area contributed by atoms with Crippen molar-refractivity contribution in [3.8, 4) is 11.3 Å². The van der Waals surface area contributed by atoms with Crippen molar-refractivity contribution in [3.05, 3.63) is 40.8 Å². The van der Waals surface area contributed by atoms with Gasteiger partial charge in [0.05, 0.1) is 38.7 Å². The van der Waals surface area contributed by atoms with Crippen molar-refractivity contribution in [2.45, 2.75) is 12.2 Å². The molecule has 1 spiro atoms. The molecule has 0 atom stereocenters. The number of methoxy groups -OCH3 is 2. The number of carbonyl (C=O) groups is 3. The van der Waals surface area contributed by atoms with Crippen LogP contribution in [-0.2, 0) is 34.3 Å². The van der Waals surface area contributed by atoms with Gasteiger partial charge in [-0.3, -0.25) is 9.78 Å². The maximum Gasteiger partial charge on any atom is 0.373 e. The van der Waals surface area contributed by atoms with Gasteiger partial charge in [0.2, 0.25) is 5.78 Å². The molecule has 0 bridgehead atoms. The van der Waals surface area contributed by atoms with Gasteiger partial charge in [-0.2, -0.15) is 9.59 Å². The van der Waals surface area contributed by atoms with E-state index < -0.39 is 23.5 Å². The molecular formula is C19H16N2O9. The molecule has 1 aliphatic heterocycles. The Morgan fingerprint density at radius 1 is 1.17 bits per heavy atom. The van der Waals surface area contributed by atoms with Crippen LogP contribution in [0.4, 0.5) is 0 Å². The summed E-state index contributed by atoms with van der Waals surface area (Å²) in [6, 6.07) is 2.89. The number of aromatic nitrogens is 2. The SMILES string of the molecule is COC(=O)c1cc2c([nH]1)-c1c(C(=O)OC)ccnc1C(=O)C21OCCCO1.O=C=O. The van der Waals surface area contributed by atoms with Gasteiger partial charge in [0, 0.05) is 17.3 Å². The summed E-state index contributed by atoms with van der Waals surface area (Å²) in [5, 5.41) is 0. The summed E-state index contributed by atoms with van der Waals surface area (Å²) in [5.41, 5.74) is 1.12. The lowest BCUT2D eigenvalue weighted by Gasteiger charge is -2.38. The van der Waals surface area contributed by atoms with E-state index in [4.69, 9.17) is 28.5 Å². The molecule has 2 aromatic heterocycles. The number of ether oxygens (including phenoxy) is 4. The Kier molecular flexibility index (Phi) is 5.88. The van der Waals surface area contributed by atoms with Crippen molar-refractivity contribution in [1.82, 2.24) is 9.97 Å². The highest BCUT2D eigenvalue weighted by Crippen LogP contribution is 2.46. The fourth-order valence-electron chi connectivity index (χ4n) is 3.40. The van der Waals surface area contributed by atoms with Crippen molar-refractivity contribution in [2.24, 2.45) is 0 Å². The zero-order chi connectivity index (χ0) is 21.9. The minimum atomic E-state index is -1.72. The lowest BCUT2D eigenvalue weighted by atomic mass is 9.85. The van der Waals surface area contributed by atoms with Gasteiger partial charge in [-0.1, -0.05) is 0 Å². The van der Waals surface area contributed by atoms with E-state index in [9.17, 15) is 14.4 Å². The predicted molar refractivity (Wildman–Crippen MR) is 94.2 cm³/mol. The average molecular weight is 416 g/mol. The highest BCUT2D eigenvalue weighted by Gasteiger charge is 2.53. The summed E-state index contributed by atoms with van der Waals surface area (Å²) in [5.74, 6) is -3.52. The fourth-order valence-corrected chi connectivity index (χ4v) is 3.40. The van der Waals surface area contributed by atoms with Gasteiger partial charge in [0.1, 0.15) is 11.4 Å². The number of hydrogen-bond donors (Lipinski definition) is 1. The van der Waals surface area contributed by atoms with Crippen LogP contribution in [0.3, 0.4) is 0 Å². The number of rotatable bonds is 2. The molecule has 1 fully saturated rings. The Morgan fingerprint density at radius 3 is 2.40 bits per heavy atom. The number of Topliss-reactive ketones (excluding diaryl/α,β-unsaturated/α-hetero) is 1. The number of hydrogen-bond acceptors (Lipinski definition) is 10. The van der Waals surface area contributed by atoms with Crippen LogP contribution in [0.25, 0.3) is 11.3 Å². The van der Waals surface area contributed by atoms with Crippen LogP contribution in [0.5, 0.6) is 0 Å². The minimum Gasteiger partial charge on any atom is -0.465 e. The number of pyridine rings is 1. The zero-order valence-electron chi connectivity index (χ0n) is 16.0. The first-order chi connectivity index (χ1) is 14.4. The standard InChI is InChI=1S/C18H16N2O7.CO2/c1-24-16(22)9-4-5-19-14-12(9)13-10(8-11(20-13)17(23)25-2)18(15(14)21)26-6-3-7-27-18;2-1-3/h4-5,8,20H,3,6-7H2,1-2H3;. The molecule has 1 N–H and O–H groups in total. The lowest BCUT2D eigenvalue weighted by Crippen LogP contribution is -2.47. The van der Waals surface area contributed by atoms with Gasteiger partial charge in [-0.05, 0) is 18.6 Å². The van der Waals surface area contributed by atoms with Crippen molar-refractivity contribution < 1.29 is 42.9 Å². The van der Waals surface area contributed by atoms with E-state index in [0.717, 1.165) is 0 Å². The number of H-pyrrole nitrogens is 1. The molecule has 0 radical (unpaired) electrons. The molecule has 11 nitrogen and oxygen atoms in total. The van der Waals surface area contributed by atoms with Crippen LogP contribution < -0.4 is 0 Å². The molecule has 2 aromatic rings. The van der Waals surface area contributed by atoms with E-state index in [2.05, 4.69) is 9.97 Å². The van der Waals surface area contributed by atoms with E-state index in [1.165, 1.54) is 32.5 Å². The summed E-state index contributed by atoms with van der Waals surface area (Å²) in [6.45, 7) is 0.603. The third-order valence-corrected chi connectivity index (χ3v) is 4.60. The second-order valence-corrected chi connectivity index (χ2v) is 6.12. The molecule has 156 valence electrons. The Bertz CT molecular complexity index is 1040. The maximum absolute atomic E-state index is 13.3. The van der Waals surface area contributed by atoms with Crippen LogP contribution in [-0.4, -0.2) is 61.3 Å². The second kappa shape index (κ2) is 8.37. The molecule has 11 heteroatoms. The van der Waals surface area contributed by atoms with E-state index in [1.54, 1.807) is 0 Å². The predicted octanol–water partition coefficient (Wildman–Crippen LogP) is 0.852. The normalized spacial score (nSPS) is 15.7. The average Bonchev–Trinajstić information content (AvgIpc) is 3.23. The van der Waals surface area contributed by atoms with E-state index in [0.29, 0.717) is 30.9 Å². The largest absolute Gasteiger partial charge is 0.465 e. The highest BCUT2D eigenvalue weighted by molar-refractivity contribution is 6.14. The van der Waals surface area contributed by atoms with Crippen LogP contribution >= 0.6 is 0 Å². The van der Waals surface area contributed by atoms with E-state index in [1.807, 2.05) is 0 Å². The number of aromatic amines is 1. The van der Waals surface area contributed by atoms with E-state index >= 15 is 0 Å². The third kappa shape index (κ3) is 3.20. The zero-order valence-corrected chi connectivity index (χ0v) is 16.0. The molecule has 2 aliphatic rings. The van der Waals surface area contributed by atoms with E-state index in [-0.39, 0.29) is 28.7 Å². The Balaban J connectivity index is 0.000000806. The lowest BCUT2D eigenvalue weighted by molar-refractivity contribution is -0.240. The summed E-state index contributed by atoms with van der Waals surface area (Å²) >= 11 is 0. The molecule has 1 aliphatic carbocycles. The molecule has 0 aromatic carbocycles. The van der Waals surface area contributed by atoms with Crippen LogP contribution in [0.15, 0.2) is 18.3 Å². The van der Waals surface area contributed by atoms with Crippen molar-refractivity contribution >= 4 is 23.9 Å². The first-order valence-corrected chi connectivity index (χ1v) is 8.66. The fraction of sp³-hybridized carbons (Fsp3) is 0.316. The molecule has 4 rings (SSSR count). The molecule has 0 unspecified atom stereocenters.